The monoisotopic (exact) mass is 546 g/mol. The van der Waals surface area contributed by atoms with Gasteiger partial charge in [-0.2, -0.15) is 0 Å². The summed E-state index contributed by atoms with van der Waals surface area (Å²) in [6, 6.07) is 8.13. The van der Waals surface area contributed by atoms with Crippen LogP contribution in [0.4, 0.5) is 0 Å². The molecule has 4 heteroatoms. The van der Waals surface area contributed by atoms with Crippen LogP contribution in [0.25, 0.3) is 5.57 Å². The van der Waals surface area contributed by atoms with E-state index in [1.54, 1.807) is 0 Å². The summed E-state index contributed by atoms with van der Waals surface area (Å²) >= 11 is 0. The van der Waals surface area contributed by atoms with E-state index in [1.807, 2.05) is 12.1 Å². The molecule has 0 bridgehead atoms. The lowest BCUT2D eigenvalue weighted by molar-refractivity contribution is -0.216. The molecule has 4 nitrogen and oxygen atoms in total. The summed E-state index contributed by atoms with van der Waals surface area (Å²) in [5.41, 5.74) is 10.9. The summed E-state index contributed by atoms with van der Waals surface area (Å²) in [4.78, 5) is 12.0. The molecule has 7 unspecified atom stereocenters. The number of benzene rings is 1. The van der Waals surface area contributed by atoms with Crippen molar-refractivity contribution in [2.24, 2.45) is 51.1 Å². The smallest absolute Gasteiger partial charge is 0.337 e. The maximum Gasteiger partial charge on any atom is 0.337 e. The predicted octanol–water partition coefficient (Wildman–Crippen LogP) is 7.62. The van der Waals surface area contributed by atoms with Crippen molar-refractivity contribution in [2.45, 2.75) is 104 Å². The molecule has 5 aliphatic rings. The van der Waals surface area contributed by atoms with Crippen LogP contribution >= 0.6 is 0 Å². The fourth-order valence-corrected chi connectivity index (χ4v) is 12.2. The molecule has 0 saturated heterocycles. The van der Waals surface area contributed by atoms with Crippen molar-refractivity contribution in [3.63, 3.8) is 0 Å². The molecule has 0 radical (unpaired) electrons. The first-order valence-corrected chi connectivity index (χ1v) is 16.3. The molecule has 40 heavy (non-hydrogen) atoms. The highest BCUT2D eigenvalue weighted by Crippen LogP contribution is 2.76. The third-order valence-electron chi connectivity index (χ3n) is 14.2. The van der Waals surface area contributed by atoms with E-state index >= 15 is 0 Å². The third-order valence-corrected chi connectivity index (χ3v) is 14.2. The van der Waals surface area contributed by atoms with Crippen LogP contribution in [0.2, 0.25) is 0 Å². The zero-order valence-electron chi connectivity index (χ0n) is 26.1. The molecular weight excluding hydrogens is 492 g/mol. The van der Waals surface area contributed by atoms with E-state index in [0.29, 0.717) is 33.3 Å². The second-order valence-corrected chi connectivity index (χ2v) is 15.7. The minimum absolute atomic E-state index is 0.0954. The van der Waals surface area contributed by atoms with Crippen molar-refractivity contribution in [2.75, 3.05) is 20.2 Å². The minimum atomic E-state index is -0.264. The van der Waals surface area contributed by atoms with Crippen molar-refractivity contribution in [1.82, 2.24) is 5.32 Å². The van der Waals surface area contributed by atoms with Gasteiger partial charge in [0.05, 0.1) is 12.7 Å². The van der Waals surface area contributed by atoms with Crippen LogP contribution in [0.15, 0.2) is 30.3 Å². The summed E-state index contributed by atoms with van der Waals surface area (Å²) in [5, 5.41) is 4.02. The van der Waals surface area contributed by atoms with Gasteiger partial charge in [-0.05, 0) is 126 Å². The number of ether oxygens (including phenoxy) is 1. The molecule has 4 saturated carbocycles. The predicted molar refractivity (Wildman–Crippen MR) is 164 cm³/mol. The molecule has 1 aromatic carbocycles. The summed E-state index contributed by atoms with van der Waals surface area (Å²) < 4.78 is 4.94. The van der Waals surface area contributed by atoms with Gasteiger partial charge in [0.15, 0.2) is 0 Å². The Hall–Kier alpha value is -1.65. The fraction of sp³-hybridized carbons (Fsp3) is 0.750. The van der Waals surface area contributed by atoms with Gasteiger partial charge in [0, 0.05) is 18.6 Å². The molecule has 0 spiro atoms. The van der Waals surface area contributed by atoms with Crippen molar-refractivity contribution >= 4 is 11.5 Å². The van der Waals surface area contributed by atoms with Gasteiger partial charge in [-0.1, -0.05) is 59.2 Å². The number of nitrogens with one attached hydrogen (secondary N) is 1. The summed E-state index contributed by atoms with van der Waals surface area (Å²) in [6.07, 6.45) is 16.1. The van der Waals surface area contributed by atoms with Crippen LogP contribution in [-0.2, 0) is 4.74 Å². The Kier molecular flexibility index (Phi) is 6.90. The second kappa shape index (κ2) is 9.69. The van der Waals surface area contributed by atoms with Crippen LogP contribution in [0, 0.1) is 45.3 Å². The first kappa shape index (κ1) is 28.5. The molecule has 8 atom stereocenters. The molecule has 0 aliphatic heterocycles. The van der Waals surface area contributed by atoms with Gasteiger partial charge in [-0.3, -0.25) is 0 Å². The summed E-state index contributed by atoms with van der Waals surface area (Å²) in [6.45, 7) is 14.9. The average molecular weight is 547 g/mol. The van der Waals surface area contributed by atoms with E-state index < -0.39 is 0 Å². The van der Waals surface area contributed by atoms with Gasteiger partial charge in [0.1, 0.15) is 0 Å². The van der Waals surface area contributed by atoms with Crippen LogP contribution in [0.5, 0.6) is 0 Å². The van der Waals surface area contributed by atoms with Gasteiger partial charge in [-0.25, -0.2) is 4.79 Å². The molecule has 3 N–H and O–H groups in total. The third kappa shape index (κ3) is 3.80. The molecule has 5 aliphatic carbocycles. The van der Waals surface area contributed by atoms with Crippen LogP contribution < -0.4 is 11.1 Å². The van der Waals surface area contributed by atoms with E-state index in [0.717, 1.165) is 30.8 Å². The van der Waals surface area contributed by atoms with Crippen LogP contribution in [-0.4, -0.2) is 31.7 Å². The van der Waals surface area contributed by atoms with Crippen LogP contribution in [0.1, 0.15) is 115 Å². The first-order valence-electron chi connectivity index (χ1n) is 16.3. The topological polar surface area (TPSA) is 64.3 Å². The average Bonchev–Trinajstić information content (AvgIpc) is 3.36. The van der Waals surface area contributed by atoms with E-state index in [9.17, 15) is 4.79 Å². The Balaban J connectivity index is 1.31. The van der Waals surface area contributed by atoms with E-state index in [4.69, 9.17) is 10.5 Å². The minimum Gasteiger partial charge on any atom is -0.465 e. The second-order valence-electron chi connectivity index (χ2n) is 15.7. The van der Waals surface area contributed by atoms with Crippen molar-refractivity contribution in [3.05, 3.63) is 41.5 Å². The maximum atomic E-state index is 12.0. The molecule has 0 aromatic heterocycles. The van der Waals surface area contributed by atoms with E-state index in [-0.39, 0.29) is 11.4 Å². The number of esters is 1. The largest absolute Gasteiger partial charge is 0.465 e. The molecular formula is C36H54N2O2. The summed E-state index contributed by atoms with van der Waals surface area (Å²) in [7, 11) is 1.45. The number of fused-ring (bicyclic) bond motifs is 7. The molecule has 6 rings (SSSR count). The number of carbonyl (C=O) groups excluding carboxylic acids is 1. The molecule has 0 heterocycles. The number of allylic oxidation sites excluding steroid dienone is 2. The van der Waals surface area contributed by atoms with Gasteiger partial charge in [0.2, 0.25) is 0 Å². The Morgan fingerprint density at radius 1 is 0.900 bits per heavy atom. The molecule has 0 amide bonds. The number of rotatable bonds is 5. The van der Waals surface area contributed by atoms with Crippen molar-refractivity contribution in [3.8, 4) is 0 Å². The van der Waals surface area contributed by atoms with Gasteiger partial charge >= 0.3 is 5.97 Å². The lowest BCUT2D eigenvalue weighted by atomic mass is 9.33. The lowest BCUT2D eigenvalue weighted by Crippen LogP contribution is -2.67. The highest BCUT2D eigenvalue weighted by atomic mass is 16.5. The zero-order valence-corrected chi connectivity index (χ0v) is 26.1. The van der Waals surface area contributed by atoms with E-state index in [2.05, 4.69) is 58.1 Å². The number of methoxy groups -OCH3 is 1. The van der Waals surface area contributed by atoms with Crippen molar-refractivity contribution < 1.29 is 9.53 Å². The Morgan fingerprint density at radius 2 is 1.65 bits per heavy atom. The molecule has 1 aromatic rings. The zero-order chi connectivity index (χ0) is 28.6. The Labute approximate surface area is 243 Å². The Morgan fingerprint density at radius 3 is 2.35 bits per heavy atom. The molecule has 4 fully saturated rings. The highest BCUT2D eigenvalue weighted by molar-refractivity contribution is 5.89. The fourth-order valence-electron chi connectivity index (χ4n) is 12.2. The number of nitrogens with two attached hydrogens (primary N) is 1. The van der Waals surface area contributed by atoms with Crippen LogP contribution in [0.3, 0.4) is 0 Å². The van der Waals surface area contributed by atoms with Gasteiger partial charge in [-0.15, -0.1) is 0 Å². The normalized spacial score (nSPS) is 43.5. The maximum absolute atomic E-state index is 12.0. The summed E-state index contributed by atoms with van der Waals surface area (Å²) in [5.74, 6) is 2.83. The standard InChI is InChI=1S/C36H54N2O2/c1-32(2)26(24-9-11-25(12-10-24)31(39)40-6)15-18-33(3)29(32)16-19-35(5)30(33)14-13-27-28-8-7-17-36(28,38-23-22-37)21-20-34(27,35)4/h9-12,15,27-30,38H,7-8,13-14,16-23,37H2,1-6H3/t27?,28?,29?,30?,33?,34-,35?,36?/m1/s1. The number of carbonyl (C=O) groups is 1. The highest BCUT2D eigenvalue weighted by Gasteiger charge is 2.69. The van der Waals surface area contributed by atoms with Gasteiger partial charge in [0.25, 0.3) is 0 Å². The number of hydrogen-bond acceptors (Lipinski definition) is 4. The Bertz CT molecular complexity index is 1170. The quantitative estimate of drug-likeness (QED) is 0.373. The van der Waals surface area contributed by atoms with Gasteiger partial charge < -0.3 is 15.8 Å². The molecule has 220 valence electrons. The SMILES string of the molecule is COC(=O)c1ccc(C2=CCC3(C)C(CCC4(C)C3CCC3C5CCCC5(NCCN)CC[C@]34C)C2(C)C)cc1. The number of hydrogen-bond donors (Lipinski definition) is 2. The van der Waals surface area contributed by atoms with E-state index in [1.165, 1.54) is 82.5 Å². The lowest BCUT2D eigenvalue weighted by Gasteiger charge is -2.72. The first-order chi connectivity index (χ1) is 19.0. The van der Waals surface area contributed by atoms with Crippen molar-refractivity contribution in [1.29, 1.82) is 0 Å².